The third-order valence-corrected chi connectivity index (χ3v) is 14.5. The normalized spacial score (nSPS) is 25.0. The zero-order chi connectivity index (χ0) is 33.7. The molecule has 1 aromatic carbocycles. The molecule has 5 aromatic rings. The maximum absolute atomic E-state index is 14.4. The minimum Gasteiger partial charge on any atom is -0.383 e. The summed E-state index contributed by atoms with van der Waals surface area (Å²) in [4.78, 5) is 23.7. The van der Waals surface area contributed by atoms with E-state index in [1.165, 1.54) is 17.4 Å². The third-order valence-electron chi connectivity index (χ3n) is 9.74. The van der Waals surface area contributed by atoms with Crippen LogP contribution in [-0.2, 0) is 16.4 Å². The van der Waals surface area contributed by atoms with Crippen LogP contribution in [0.15, 0.2) is 34.8 Å². The average molecular weight is 712 g/mol. The molecule has 4 atom stereocenters. The van der Waals surface area contributed by atoms with Gasteiger partial charge < -0.3 is 20.8 Å². The molecule has 250 valence electrons. The van der Waals surface area contributed by atoms with Crippen molar-refractivity contribution < 1.29 is 27.4 Å². The lowest BCUT2D eigenvalue weighted by Gasteiger charge is -2.33. The van der Waals surface area contributed by atoms with Gasteiger partial charge >= 0.3 is 0 Å². The number of sulfone groups is 1. The van der Waals surface area contributed by atoms with Crippen molar-refractivity contribution >= 4 is 54.5 Å². The Morgan fingerprint density at radius 1 is 0.979 bits per heavy atom. The number of hydrogen-bond acceptors (Lipinski definition) is 13. The Morgan fingerprint density at radius 2 is 1.73 bits per heavy atom. The van der Waals surface area contributed by atoms with Gasteiger partial charge in [0, 0.05) is 35.0 Å². The van der Waals surface area contributed by atoms with Crippen LogP contribution in [0.1, 0.15) is 59.1 Å². The number of nitrogens with zero attached hydrogens (tertiary/aromatic N) is 5. The molecule has 3 fully saturated rings. The van der Waals surface area contributed by atoms with E-state index in [1.807, 2.05) is 6.07 Å². The predicted octanol–water partition coefficient (Wildman–Crippen LogP) is 5.40. The smallest absolute Gasteiger partial charge is 0.225 e. The molecule has 0 bridgehead atoms. The summed E-state index contributed by atoms with van der Waals surface area (Å²) in [5, 5.41) is 29.2. The maximum atomic E-state index is 14.4. The Balaban J connectivity index is 1.19. The summed E-state index contributed by atoms with van der Waals surface area (Å²) in [5.74, 6) is -1.77. The number of aliphatic hydroxyl groups is 2. The van der Waals surface area contributed by atoms with E-state index in [1.54, 1.807) is 27.0 Å². The Hall–Kier alpha value is -3.70. The minimum absolute atomic E-state index is 0.00157. The fourth-order valence-corrected chi connectivity index (χ4v) is 11.8. The number of fused-ring (bicyclic) bond motifs is 2. The van der Waals surface area contributed by atoms with Gasteiger partial charge in [0.05, 0.1) is 27.3 Å². The standard InChI is InChI=1S/C32H31F2N7O4S3/c1-14-16(3)46-30(38-14)48(44,45)26-19-9-11-31(42,32(19,26)43)41-27-23(28-39-25-22(47-28)10-12-35-24(25)17-7-8-17)15(2)37-29(40-27)36-13-18-20(33)5-4-6-21(18)34/h4-6,10,12,17,19,26,42-43H,7-9,11,13H2,1-3H3,(H2,36,37,40,41). The van der Waals surface area contributed by atoms with Gasteiger partial charge in [0.25, 0.3) is 0 Å². The average Bonchev–Trinajstić information content (AvgIpc) is 3.86. The van der Waals surface area contributed by atoms with E-state index in [0.29, 0.717) is 27.9 Å². The summed E-state index contributed by atoms with van der Waals surface area (Å²) < 4.78 is 57.1. The lowest BCUT2D eigenvalue weighted by atomic mass is 10.0. The van der Waals surface area contributed by atoms with E-state index in [9.17, 15) is 27.4 Å². The fourth-order valence-electron chi connectivity index (χ4n) is 6.88. The van der Waals surface area contributed by atoms with Gasteiger partial charge in [-0.2, -0.15) is 4.98 Å². The number of aromatic nitrogens is 5. The molecule has 3 saturated carbocycles. The summed E-state index contributed by atoms with van der Waals surface area (Å²) in [6.07, 6.45) is 4.10. The van der Waals surface area contributed by atoms with Crippen molar-refractivity contribution in [3.05, 3.63) is 69.6 Å². The zero-order valence-corrected chi connectivity index (χ0v) is 28.5. The highest BCUT2D eigenvalue weighted by Gasteiger charge is 2.82. The number of halogens is 2. The largest absolute Gasteiger partial charge is 0.383 e. The topological polar surface area (TPSA) is 163 Å². The third kappa shape index (κ3) is 4.82. The molecule has 4 heterocycles. The van der Waals surface area contributed by atoms with Gasteiger partial charge in [0.15, 0.2) is 5.72 Å². The Kier molecular flexibility index (Phi) is 7.17. The molecule has 0 saturated heterocycles. The molecule has 0 amide bonds. The number of rotatable bonds is 9. The van der Waals surface area contributed by atoms with Crippen LogP contribution in [0.5, 0.6) is 0 Å². The van der Waals surface area contributed by atoms with E-state index in [-0.39, 0.29) is 41.1 Å². The van der Waals surface area contributed by atoms with E-state index >= 15 is 0 Å². The first-order chi connectivity index (χ1) is 22.8. The summed E-state index contributed by atoms with van der Waals surface area (Å²) in [7, 11) is -4.07. The van der Waals surface area contributed by atoms with Crippen LogP contribution in [-0.4, -0.2) is 60.1 Å². The molecule has 4 unspecified atom stereocenters. The van der Waals surface area contributed by atoms with Gasteiger partial charge in [-0.05, 0) is 64.7 Å². The Morgan fingerprint density at radius 3 is 2.42 bits per heavy atom. The van der Waals surface area contributed by atoms with Crippen LogP contribution in [0.3, 0.4) is 0 Å². The lowest BCUT2D eigenvalue weighted by Crippen LogP contribution is -2.52. The summed E-state index contributed by atoms with van der Waals surface area (Å²) in [6, 6.07) is 5.46. The first-order valence-corrected chi connectivity index (χ1v) is 18.7. The highest BCUT2D eigenvalue weighted by molar-refractivity contribution is 7.94. The summed E-state index contributed by atoms with van der Waals surface area (Å²) in [5.41, 5.74) is -1.18. The summed E-state index contributed by atoms with van der Waals surface area (Å²) >= 11 is 2.44. The highest BCUT2D eigenvalue weighted by Crippen LogP contribution is 2.65. The van der Waals surface area contributed by atoms with Gasteiger partial charge in [0.1, 0.15) is 38.8 Å². The first-order valence-electron chi connectivity index (χ1n) is 15.5. The van der Waals surface area contributed by atoms with Crippen molar-refractivity contribution in [1.82, 2.24) is 24.9 Å². The van der Waals surface area contributed by atoms with E-state index in [0.717, 1.165) is 57.1 Å². The Bertz CT molecular complexity index is 2200. The fraction of sp³-hybridized carbons (Fsp3) is 0.406. The van der Waals surface area contributed by atoms with Crippen molar-refractivity contribution in [2.24, 2.45) is 5.92 Å². The first kappa shape index (κ1) is 31.6. The second kappa shape index (κ2) is 10.9. The molecular weight excluding hydrogens is 681 g/mol. The van der Waals surface area contributed by atoms with E-state index in [4.69, 9.17) is 4.98 Å². The van der Waals surface area contributed by atoms with Gasteiger partial charge in [-0.15, -0.1) is 22.7 Å². The highest BCUT2D eigenvalue weighted by atomic mass is 32.2. The van der Waals surface area contributed by atoms with Crippen molar-refractivity contribution in [3.63, 3.8) is 0 Å². The van der Waals surface area contributed by atoms with Gasteiger partial charge in [-0.1, -0.05) is 6.07 Å². The van der Waals surface area contributed by atoms with Crippen molar-refractivity contribution in [3.8, 4) is 10.6 Å². The van der Waals surface area contributed by atoms with Crippen LogP contribution in [0.2, 0.25) is 0 Å². The molecule has 48 heavy (non-hydrogen) atoms. The predicted molar refractivity (Wildman–Crippen MR) is 178 cm³/mol. The van der Waals surface area contributed by atoms with Gasteiger partial charge in [-0.25, -0.2) is 32.2 Å². The van der Waals surface area contributed by atoms with Gasteiger partial charge in [0.2, 0.25) is 20.1 Å². The number of aryl methyl sites for hydroxylation is 3. The van der Waals surface area contributed by atoms with Crippen LogP contribution >= 0.6 is 22.7 Å². The second-order valence-corrected chi connectivity index (χ2v) is 17.3. The molecule has 3 aliphatic rings. The Labute approximate surface area is 282 Å². The SMILES string of the molecule is Cc1nc(S(=O)(=O)C2C3CCC(O)(Nc4nc(NCc5c(F)cccc5F)nc(C)c4-c4nc5c(C6CC6)nccc5s4)C32O)sc1C. The number of thiazole rings is 2. The molecule has 8 rings (SSSR count). The number of anilines is 2. The molecule has 11 nitrogen and oxygen atoms in total. The van der Waals surface area contributed by atoms with Crippen LogP contribution in [0, 0.1) is 38.3 Å². The van der Waals surface area contributed by atoms with Crippen molar-refractivity contribution in [2.45, 2.75) is 79.8 Å². The molecule has 3 aliphatic carbocycles. The zero-order valence-electron chi connectivity index (χ0n) is 26.1. The molecule has 0 aliphatic heterocycles. The quantitative estimate of drug-likeness (QED) is 0.145. The maximum Gasteiger partial charge on any atom is 0.225 e. The monoisotopic (exact) mass is 711 g/mol. The lowest BCUT2D eigenvalue weighted by molar-refractivity contribution is -0.0616. The van der Waals surface area contributed by atoms with Crippen LogP contribution in [0.4, 0.5) is 20.5 Å². The molecule has 0 spiro atoms. The van der Waals surface area contributed by atoms with Crippen molar-refractivity contribution in [2.75, 3.05) is 10.6 Å². The van der Waals surface area contributed by atoms with Crippen LogP contribution in [0.25, 0.3) is 20.8 Å². The molecule has 4 N–H and O–H groups in total. The van der Waals surface area contributed by atoms with Crippen LogP contribution < -0.4 is 10.6 Å². The second-order valence-electron chi connectivity index (χ2n) is 12.8. The van der Waals surface area contributed by atoms with E-state index in [2.05, 4.69) is 30.6 Å². The minimum atomic E-state index is -4.07. The number of pyridine rings is 1. The number of hydrogen-bond donors (Lipinski definition) is 4. The van der Waals surface area contributed by atoms with E-state index < -0.39 is 44.0 Å². The number of nitrogens with one attached hydrogen (secondary N) is 2. The molecule has 16 heteroatoms. The van der Waals surface area contributed by atoms with Crippen molar-refractivity contribution in [1.29, 1.82) is 0 Å². The molecule has 0 radical (unpaired) electrons. The van der Waals surface area contributed by atoms with Gasteiger partial charge in [-0.3, -0.25) is 4.98 Å². The molecular formula is C32H31F2N7O4S3. The molecule has 4 aromatic heterocycles. The summed E-state index contributed by atoms with van der Waals surface area (Å²) in [6.45, 7) is 4.96. The number of benzene rings is 1.